The van der Waals surface area contributed by atoms with E-state index in [0.717, 1.165) is 31.4 Å². The van der Waals surface area contributed by atoms with Crippen LogP contribution in [0.4, 0.5) is 11.5 Å². The summed E-state index contributed by atoms with van der Waals surface area (Å²) in [5, 5.41) is 9.91. The van der Waals surface area contributed by atoms with Crippen molar-refractivity contribution in [2.75, 3.05) is 36.0 Å². The first kappa shape index (κ1) is 31.3. The lowest BCUT2D eigenvalue weighted by molar-refractivity contribution is -0.113. The van der Waals surface area contributed by atoms with Crippen molar-refractivity contribution in [2.45, 2.75) is 20.4 Å². The summed E-state index contributed by atoms with van der Waals surface area (Å²) in [4.78, 5) is 47.2. The molecule has 10 nitrogen and oxygen atoms in total. The third-order valence-electron chi connectivity index (χ3n) is 8.71. The topological polar surface area (TPSA) is 99.5 Å². The fraction of sp³-hybridized carbons (Fsp3) is 0.265. The van der Waals surface area contributed by atoms with Crippen LogP contribution < -0.4 is 20.9 Å². The molecule has 0 aliphatic carbocycles. The molecule has 0 saturated carbocycles. The maximum absolute atomic E-state index is 14.0. The highest BCUT2D eigenvalue weighted by molar-refractivity contribution is 8.27. The number of hydrogen-bond donors (Lipinski definition) is 0. The van der Waals surface area contributed by atoms with Gasteiger partial charge in [-0.15, -0.1) is 0 Å². The molecule has 0 atom stereocenters. The predicted molar refractivity (Wildman–Crippen MR) is 186 cm³/mol. The molecule has 0 unspecified atom stereocenters. The third-order valence-corrected chi connectivity index (χ3v) is 10.0. The average molecular weight is 652 g/mol. The van der Waals surface area contributed by atoms with Gasteiger partial charge >= 0.3 is 0 Å². The molecule has 2 aromatic carbocycles. The van der Waals surface area contributed by atoms with Crippen molar-refractivity contribution in [3.63, 3.8) is 0 Å². The Morgan fingerprint density at radius 1 is 0.913 bits per heavy atom. The average Bonchev–Trinajstić information content (AvgIpc) is 3.45. The Balaban J connectivity index is 1.37. The van der Waals surface area contributed by atoms with Crippen LogP contribution in [-0.4, -0.2) is 55.2 Å². The number of piperazine rings is 1. The Hall–Kier alpha value is -4.70. The van der Waals surface area contributed by atoms with Gasteiger partial charge in [0.1, 0.15) is 23.1 Å². The zero-order chi connectivity index (χ0) is 32.7. The second-order valence-electron chi connectivity index (χ2n) is 11.4. The van der Waals surface area contributed by atoms with Gasteiger partial charge in [-0.05, 0) is 43.2 Å². The first-order chi connectivity index (χ1) is 22.1. The number of pyridine rings is 1. The molecule has 2 aliphatic rings. The number of anilines is 2. The van der Waals surface area contributed by atoms with Crippen molar-refractivity contribution in [1.29, 1.82) is 5.26 Å². The number of para-hydroxylation sites is 1. The number of carbonyl (C=O) groups excluding carboxylic acids is 1. The Morgan fingerprint density at radius 2 is 1.54 bits per heavy atom. The molecule has 2 fully saturated rings. The van der Waals surface area contributed by atoms with Crippen LogP contribution in [0.15, 0.2) is 75.2 Å². The highest BCUT2D eigenvalue weighted by atomic mass is 32.2. The van der Waals surface area contributed by atoms with Crippen molar-refractivity contribution >= 4 is 51.8 Å². The van der Waals surface area contributed by atoms with E-state index in [0.29, 0.717) is 46.3 Å². The van der Waals surface area contributed by atoms with Gasteiger partial charge in [-0.1, -0.05) is 72.5 Å². The molecule has 4 aromatic rings. The SMILES string of the molecule is Cc1c(/C=C2\SC(=S)N(c3c(C)n(C)n(-c4ccccc4)c3=O)C2=O)c(N2CCN(Cc3ccccc3)CC2)n(C)c(=O)c1C#N. The summed E-state index contributed by atoms with van der Waals surface area (Å²) in [7, 11) is 3.43. The zero-order valence-electron chi connectivity index (χ0n) is 26.1. The monoisotopic (exact) mass is 651 g/mol. The number of rotatable bonds is 6. The highest BCUT2D eigenvalue weighted by Crippen LogP contribution is 2.38. The van der Waals surface area contributed by atoms with Crippen molar-refractivity contribution in [3.8, 4) is 11.8 Å². The molecular formula is C34H33N7O3S2. The maximum atomic E-state index is 14.0. The summed E-state index contributed by atoms with van der Waals surface area (Å²) in [6, 6.07) is 21.6. The van der Waals surface area contributed by atoms with Crippen molar-refractivity contribution < 1.29 is 4.79 Å². The van der Waals surface area contributed by atoms with E-state index in [4.69, 9.17) is 12.2 Å². The Labute approximate surface area is 276 Å². The van der Waals surface area contributed by atoms with E-state index in [1.165, 1.54) is 19.7 Å². The van der Waals surface area contributed by atoms with E-state index in [-0.39, 0.29) is 26.7 Å². The number of nitrogens with zero attached hydrogens (tertiary/aromatic N) is 7. The van der Waals surface area contributed by atoms with Crippen molar-refractivity contribution in [3.05, 3.63) is 114 Å². The van der Waals surface area contributed by atoms with E-state index in [2.05, 4.69) is 28.0 Å². The van der Waals surface area contributed by atoms with Gasteiger partial charge in [0.15, 0.2) is 4.32 Å². The Kier molecular flexibility index (Phi) is 8.57. The number of benzene rings is 2. The van der Waals surface area contributed by atoms with Gasteiger partial charge in [0.05, 0.1) is 16.3 Å². The molecule has 46 heavy (non-hydrogen) atoms. The van der Waals surface area contributed by atoms with Crippen LogP contribution in [-0.2, 0) is 25.4 Å². The molecule has 0 spiro atoms. The molecule has 4 heterocycles. The summed E-state index contributed by atoms with van der Waals surface area (Å²) in [5.41, 5.74) is 3.10. The lowest BCUT2D eigenvalue weighted by Gasteiger charge is -2.37. The minimum atomic E-state index is -0.425. The smallest absolute Gasteiger partial charge is 0.296 e. The minimum absolute atomic E-state index is 0.0281. The number of thioether (sulfide) groups is 1. The normalized spacial score (nSPS) is 16.5. The standard InChI is InChI=1S/C34H33N7O3S2/c1-22-26(30(36(3)31(42)27(22)20-35)39-17-15-38(16-18-39)21-24-11-7-5-8-12-24)19-28-32(43)40(34(45)46-28)29-23(2)37(4)41(33(29)44)25-13-9-6-10-14-25/h5-14,19H,15-18,21H2,1-4H3/b28-19-. The Morgan fingerprint density at radius 3 is 2.17 bits per heavy atom. The van der Waals surface area contributed by atoms with Crippen LogP contribution >= 0.6 is 24.0 Å². The van der Waals surface area contributed by atoms with Gasteiger partial charge in [0.25, 0.3) is 17.0 Å². The predicted octanol–water partition coefficient (Wildman–Crippen LogP) is 4.09. The molecule has 0 radical (unpaired) electrons. The largest absolute Gasteiger partial charge is 0.355 e. The Bertz CT molecular complexity index is 2050. The molecule has 12 heteroatoms. The molecular weight excluding hydrogens is 619 g/mol. The van der Waals surface area contributed by atoms with Gasteiger partial charge in [-0.2, -0.15) is 5.26 Å². The van der Waals surface area contributed by atoms with Crippen LogP contribution in [0.1, 0.15) is 27.9 Å². The van der Waals surface area contributed by atoms with Crippen LogP contribution in [0.2, 0.25) is 0 Å². The molecule has 2 aliphatic heterocycles. The molecule has 2 saturated heterocycles. The fourth-order valence-electron chi connectivity index (χ4n) is 6.16. The summed E-state index contributed by atoms with van der Waals surface area (Å²) < 4.78 is 4.96. The minimum Gasteiger partial charge on any atom is -0.355 e. The lowest BCUT2D eigenvalue weighted by atomic mass is 10.0. The summed E-state index contributed by atoms with van der Waals surface area (Å²) in [6.07, 6.45) is 1.72. The maximum Gasteiger partial charge on any atom is 0.296 e. The summed E-state index contributed by atoms with van der Waals surface area (Å²) >= 11 is 6.78. The molecule has 6 rings (SSSR count). The highest BCUT2D eigenvalue weighted by Gasteiger charge is 2.38. The molecule has 2 aromatic heterocycles. The van der Waals surface area contributed by atoms with Gasteiger partial charge < -0.3 is 4.90 Å². The zero-order valence-corrected chi connectivity index (χ0v) is 27.7. The fourth-order valence-corrected chi connectivity index (χ4v) is 7.41. The number of hydrogen-bond acceptors (Lipinski definition) is 8. The quantitative estimate of drug-likeness (QED) is 0.227. The number of amides is 1. The molecule has 0 N–H and O–H groups in total. The molecule has 234 valence electrons. The third kappa shape index (κ3) is 5.40. The van der Waals surface area contributed by atoms with Gasteiger partial charge in [0.2, 0.25) is 0 Å². The second kappa shape index (κ2) is 12.6. The van der Waals surface area contributed by atoms with E-state index in [9.17, 15) is 19.6 Å². The number of carbonyl (C=O) groups is 1. The van der Waals surface area contributed by atoms with Crippen molar-refractivity contribution in [2.24, 2.45) is 14.1 Å². The second-order valence-corrected chi connectivity index (χ2v) is 13.1. The van der Waals surface area contributed by atoms with E-state index in [1.54, 1.807) is 38.7 Å². The van der Waals surface area contributed by atoms with Crippen LogP contribution in [0.25, 0.3) is 11.8 Å². The molecule has 1 amide bonds. The van der Waals surface area contributed by atoms with Gasteiger partial charge in [-0.3, -0.25) is 33.4 Å². The van der Waals surface area contributed by atoms with E-state index in [1.807, 2.05) is 48.5 Å². The number of nitriles is 1. The summed E-state index contributed by atoms with van der Waals surface area (Å²) in [5.74, 6) is 0.222. The van der Waals surface area contributed by atoms with Gasteiger partial charge in [0, 0.05) is 52.4 Å². The van der Waals surface area contributed by atoms with Crippen LogP contribution in [0, 0.1) is 25.2 Å². The van der Waals surface area contributed by atoms with E-state index < -0.39 is 5.91 Å². The first-order valence-corrected chi connectivity index (χ1v) is 16.1. The first-order valence-electron chi connectivity index (χ1n) is 14.9. The van der Waals surface area contributed by atoms with Crippen molar-refractivity contribution in [1.82, 2.24) is 18.8 Å². The summed E-state index contributed by atoms with van der Waals surface area (Å²) in [6.45, 7) is 7.24. The van der Waals surface area contributed by atoms with E-state index >= 15 is 0 Å². The number of aromatic nitrogens is 3. The lowest BCUT2D eigenvalue weighted by Crippen LogP contribution is -2.48. The molecule has 0 bridgehead atoms. The van der Waals surface area contributed by atoms with Crippen LogP contribution in [0.5, 0.6) is 0 Å². The van der Waals surface area contributed by atoms with Crippen LogP contribution in [0.3, 0.4) is 0 Å². The van der Waals surface area contributed by atoms with Gasteiger partial charge in [-0.25, -0.2) is 4.68 Å². The number of thiocarbonyl (C=S) groups is 1.